The van der Waals surface area contributed by atoms with Crippen molar-refractivity contribution in [3.8, 4) is 0 Å². The first kappa shape index (κ1) is 15.7. The van der Waals surface area contributed by atoms with Gasteiger partial charge < -0.3 is 10.5 Å². The van der Waals surface area contributed by atoms with E-state index in [1.54, 1.807) is 32.9 Å². The summed E-state index contributed by atoms with van der Waals surface area (Å²) in [7, 11) is 0. The molecule has 110 valence electrons. The number of amides is 2. The molecule has 1 aromatic heterocycles. The molecular weight excluding hydrogens is 262 g/mol. The lowest BCUT2D eigenvalue weighted by Crippen LogP contribution is -2.45. The fourth-order valence-corrected chi connectivity index (χ4v) is 1.68. The maximum Gasteiger partial charge on any atom is 0.405 e. The molecule has 0 aliphatic rings. The number of Topliss-reactive ketones (excluding diaryl/α,β-unsaturated/α-hetero) is 1. The molecule has 1 rings (SSSR count). The fraction of sp³-hybridized carbons (Fsp3) is 0.462. The normalized spacial score (nSPS) is 12.6. The molecule has 3 N–H and O–H groups in total. The Hall–Kier alpha value is -2.31. The first-order valence-electron chi connectivity index (χ1n) is 6.08. The molecule has 1 aromatic rings. The Labute approximate surface area is 117 Å². The van der Waals surface area contributed by atoms with Crippen LogP contribution in [0.3, 0.4) is 0 Å². The number of rotatable bonds is 4. The topological polar surface area (TPSA) is 103 Å². The molecule has 20 heavy (non-hydrogen) atoms. The molecule has 0 fully saturated rings. The zero-order chi connectivity index (χ0) is 15.5. The summed E-state index contributed by atoms with van der Waals surface area (Å²) in [6.07, 6.45) is -0.569. The molecule has 2 amide bonds. The maximum absolute atomic E-state index is 12.2. The van der Waals surface area contributed by atoms with Crippen LogP contribution in [0.5, 0.6) is 0 Å². The predicted octanol–water partition coefficient (Wildman–Crippen LogP) is 1.27. The molecule has 0 bridgehead atoms. The van der Waals surface area contributed by atoms with Gasteiger partial charge in [-0.2, -0.15) is 0 Å². The van der Waals surface area contributed by atoms with E-state index in [9.17, 15) is 14.4 Å². The van der Waals surface area contributed by atoms with E-state index in [1.807, 2.05) is 0 Å². The Morgan fingerprint density at radius 2 is 1.95 bits per heavy atom. The minimum Gasteiger partial charge on any atom is -0.436 e. The van der Waals surface area contributed by atoms with Gasteiger partial charge in [-0.15, -0.1) is 0 Å². The smallest absolute Gasteiger partial charge is 0.405 e. The lowest BCUT2D eigenvalue weighted by molar-refractivity contribution is -0.130. The number of nitrogens with two attached hydrogens (primary N) is 1. The molecule has 1 atom stereocenters. The van der Waals surface area contributed by atoms with Crippen molar-refractivity contribution in [1.29, 1.82) is 0 Å². The third-order valence-electron chi connectivity index (χ3n) is 2.60. The van der Waals surface area contributed by atoms with Gasteiger partial charge >= 0.3 is 6.09 Å². The molecule has 0 aromatic carbocycles. The lowest BCUT2D eigenvalue weighted by Gasteiger charge is -2.28. The van der Waals surface area contributed by atoms with E-state index < -0.39 is 23.5 Å². The summed E-state index contributed by atoms with van der Waals surface area (Å²) in [6.45, 7) is 6.60. The molecular formula is C13H19N3O4. The molecule has 0 saturated carbocycles. The Balaban J connectivity index is 2.94. The van der Waals surface area contributed by atoms with Gasteiger partial charge in [0.15, 0.2) is 11.9 Å². The van der Waals surface area contributed by atoms with Crippen LogP contribution in [0, 0.1) is 5.41 Å². The van der Waals surface area contributed by atoms with Gasteiger partial charge in [0.2, 0.25) is 0 Å². The highest BCUT2D eigenvalue weighted by atomic mass is 16.6. The Morgan fingerprint density at radius 3 is 2.40 bits per heavy atom. The molecule has 7 heteroatoms. The van der Waals surface area contributed by atoms with Crippen LogP contribution in [-0.2, 0) is 9.53 Å². The Bertz CT molecular complexity index is 528. The second kappa shape index (κ2) is 5.77. The van der Waals surface area contributed by atoms with Crippen molar-refractivity contribution in [2.75, 3.05) is 5.43 Å². The summed E-state index contributed by atoms with van der Waals surface area (Å²) >= 11 is 0. The van der Waals surface area contributed by atoms with Crippen LogP contribution < -0.4 is 11.2 Å². The van der Waals surface area contributed by atoms with Gasteiger partial charge in [-0.1, -0.05) is 20.8 Å². The molecule has 0 spiro atoms. The van der Waals surface area contributed by atoms with E-state index in [-0.39, 0.29) is 5.78 Å². The number of hydrogen-bond donors (Lipinski definition) is 2. The van der Waals surface area contributed by atoms with E-state index in [0.29, 0.717) is 5.69 Å². The van der Waals surface area contributed by atoms with E-state index in [2.05, 4.69) is 5.43 Å². The van der Waals surface area contributed by atoms with Crippen LogP contribution in [-0.4, -0.2) is 28.6 Å². The number of carbonyl (C=O) groups is 3. The van der Waals surface area contributed by atoms with E-state index in [0.717, 1.165) is 0 Å². The number of ether oxygens (including phenoxy) is 1. The first-order chi connectivity index (χ1) is 9.12. The minimum atomic E-state index is -1.07. The highest BCUT2D eigenvalue weighted by Gasteiger charge is 2.35. The number of nitrogens with one attached hydrogen (secondary N) is 1. The van der Waals surface area contributed by atoms with Crippen LogP contribution in [0.4, 0.5) is 4.79 Å². The summed E-state index contributed by atoms with van der Waals surface area (Å²) in [5.74, 6) is -0.756. The quantitative estimate of drug-likeness (QED) is 0.811. The number of carbonyl (C=O) groups excluding carboxylic acids is 3. The standard InChI is InChI=1S/C13H19N3O4/c1-8(17)9-6-5-7-16(9)15-11(18)10(13(2,3)4)20-12(14)19/h5-7,10H,1-4H3,(H2,14,19)(H,15,18). The largest absolute Gasteiger partial charge is 0.436 e. The highest BCUT2D eigenvalue weighted by Crippen LogP contribution is 2.22. The maximum atomic E-state index is 12.2. The zero-order valence-electron chi connectivity index (χ0n) is 12.0. The lowest BCUT2D eigenvalue weighted by atomic mass is 9.88. The van der Waals surface area contributed by atoms with Crippen LogP contribution in [0.1, 0.15) is 38.2 Å². The number of primary amides is 1. The second-order valence-corrected chi connectivity index (χ2v) is 5.48. The number of aromatic nitrogens is 1. The van der Waals surface area contributed by atoms with Crippen molar-refractivity contribution in [3.05, 3.63) is 24.0 Å². The summed E-state index contributed by atoms with van der Waals surface area (Å²) < 4.78 is 6.14. The number of hydrogen-bond acceptors (Lipinski definition) is 4. The zero-order valence-corrected chi connectivity index (χ0v) is 12.0. The minimum absolute atomic E-state index is 0.196. The van der Waals surface area contributed by atoms with Crippen molar-refractivity contribution in [2.45, 2.75) is 33.8 Å². The summed E-state index contributed by atoms with van der Waals surface area (Å²) in [4.78, 5) is 34.5. The molecule has 0 aliphatic heterocycles. The van der Waals surface area contributed by atoms with E-state index >= 15 is 0 Å². The Morgan fingerprint density at radius 1 is 1.35 bits per heavy atom. The van der Waals surface area contributed by atoms with Gasteiger partial charge in [0.25, 0.3) is 5.91 Å². The number of ketones is 1. The SMILES string of the molecule is CC(=O)c1cccn1NC(=O)C(OC(N)=O)C(C)(C)C. The van der Waals surface area contributed by atoms with Crippen molar-refractivity contribution in [3.63, 3.8) is 0 Å². The molecule has 1 unspecified atom stereocenters. The van der Waals surface area contributed by atoms with Gasteiger partial charge in [0.05, 0.1) is 0 Å². The summed E-state index contributed by atoms with van der Waals surface area (Å²) in [6, 6.07) is 3.20. The van der Waals surface area contributed by atoms with Crippen LogP contribution in [0.25, 0.3) is 0 Å². The van der Waals surface area contributed by atoms with Gasteiger partial charge in [0, 0.05) is 18.5 Å². The molecule has 7 nitrogen and oxygen atoms in total. The third kappa shape index (κ3) is 3.84. The van der Waals surface area contributed by atoms with Crippen LogP contribution >= 0.6 is 0 Å². The average Bonchev–Trinajstić information content (AvgIpc) is 2.72. The first-order valence-corrected chi connectivity index (χ1v) is 6.08. The second-order valence-electron chi connectivity index (χ2n) is 5.48. The van der Waals surface area contributed by atoms with Gasteiger partial charge in [0.1, 0.15) is 5.69 Å². The average molecular weight is 281 g/mol. The fourth-order valence-electron chi connectivity index (χ4n) is 1.68. The van der Waals surface area contributed by atoms with Crippen LogP contribution in [0.2, 0.25) is 0 Å². The van der Waals surface area contributed by atoms with Crippen molar-refractivity contribution >= 4 is 17.8 Å². The molecule has 1 heterocycles. The Kier molecular flexibility index (Phi) is 4.54. The summed E-state index contributed by atoms with van der Waals surface area (Å²) in [5.41, 5.74) is 7.17. The van der Waals surface area contributed by atoms with E-state index in [1.165, 1.54) is 17.8 Å². The van der Waals surface area contributed by atoms with Gasteiger partial charge in [-0.3, -0.25) is 19.7 Å². The molecule has 0 aliphatic carbocycles. The number of nitrogens with zero attached hydrogens (tertiary/aromatic N) is 1. The predicted molar refractivity (Wildman–Crippen MR) is 72.7 cm³/mol. The van der Waals surface area contributed by atoms with Gasteiger partial charge in [-0.25, -0.2) is 4.79 Å². The van der Waals surface area contributed by atoms with Crippen molar-refractivity contribution in [2.24, 2.45) is 11.1 Å². The summed E-state index contributed by atoms with van der Waals surface area (Å²) in [5, 5.41) is 0. The van der Waals surface area contributed by atoms with Gasteiger partial charge in [-0.05, 0) is 12.1 Å². The highest BCUT2D eigenvalue weighted by molar-refractivity contribution is 5.95. The monoisotopic (exact) mass is 281 g/mol. The van der Waals surface area contributed by atoms with Crippen molar-refractivity contribution in [1.82, 2.24) is 4.68 Å². The molecule has 0 radical (unpaired) electrons. The van der Waals surface area contributed by atoms with Crippen LogP contribution in [0.15, 0.2) is 18.3 Å². The van der Waals surface area contributed by atoms with Crippen molar-refractivity contribution < 1.29 is 19.1 Å². The third-order valence-corrected chi connectivity index (χ3v) is 2.60. The van der Waals surface area contributed by atoms with E-state index in [4.69, 9.17) is 10.5 Å². The molecule has 0 saturated heterocycles.